The zero-order valence-corrected chi connectivity index (χ0v) is 11.8. The fraction of sp³-hybridized carbons (Fsp3) is 0.467. The molecule has 110 valence electrons. The van der Waals surface area contributed by atoms with Crippen molar-refractivity contribution in [2.45, 2.75) is 13.0 Å². The van der Waals surface area contributed by atoms with Crippen molar-refractivity contribution in [1.82, 2.24) is 4.90 Å². The van der Waals surface area contributed by atoms with E-state index in [0.717, 1.165) is 44.2 Å². The number of carbonyl (C=O) groups excluding carboxylic acids is 1. The first-order valence-corrected chi connectivity index (χ1v) is 7.13. The third-order valence-corrected chi connectivity index (χ3v) is 3.94. The van der Waals surface area contributed by atoms with Crippen LogP contribution in [0.4, 0.5) is 0 Å². The Morgan fingerprint density at radius 1 is 1.29 bits per heavy atom. The van der Waals surface area contributed by atoms with Crippen molar-refractivity contribution >= 4 is 5.91 Å². The van der Waals surface area contributed by atoms with E-state index in [1.54, 1.807) is 4.90 Å². The number of hydrogen-bond donors (Lipinski definition) is 1. The van der Waals surface area contributed by atoms with Gasteiger partial charge in [-0.05, 0) is 18.2 Å². The molecular formula is C15H18N3O3+. The lowest BCUT2D eigenvalue weighted by molar-refractivity contribution is -0.917. The minimum atomic E-state index is -0.0559. The molecule has 21 heavy (non-hydrogen) atoms. The number of rotatable bonds is 3. The summed E-state index contributed by atoms with van der Waals surface area (Å²) in [5.74, 6) is 1.56. The zero-order valence-electron chi connectivity index (χ0n) is 11.8. The van der Waals surface area contributed by atoms with Gasteiger partial charge in [0, 0.05) is 5.56 Å². The third-order valence-electron chi connectivity index (χ3n) is 3.94. The van der Waals surface area contributed by atoms with E-state index in [1.165, 1.54) is 10.5 Å². The second kappa shape index (κ2) is 6.02. The van der Waals surface area contributed by atoms with Gasteiger partial charge in [-0.25, -0.2) is 0 Å². The Morgan fingerprint density at radius 2 is 2.05 bits per heavy atom. The molecule has 1 aromatic carbocycles. The molecule has 0 spiro atoms. The van der Waals surface area contributed by atoms with Crippen molar-refractivity contribution in [3.05, 3.63) is 23.8 Å². The molecule has 1 saturated heterocycles. The maximum atomic E-state index is 11.7. The summed E-state index contributed by atoms with van der Waals surface area (Å²) in [6, 6.07) is 7.96. The van der Waals surface area contributed by atoms with Gasteiger partial charge in [-0.15, -0.1) is 0 Å². The maximum absolute atomic E-state index is 11.7. The molecule has 0 aromatic heterocycles. The minimum Gasteiger partial charge on any atom is -0.454 e. The van der Waals surface area contributed by atoms with E-state index < -0.39 is 0 Å². The fourth-order valence-electron chi connectivity index (χ4n) is 2.77. The Bertz CT molecular complexity index is 574. The van der Waals surface area contributed by atoms with Gasteiger partial charge < -0.3 is 19.3 Å². The maximum Gasteiger partial charge on any atom is 0.237 e. The quantitative estimate of drug-likeness (QED) is 0.818. The molecule has 1 aromatic rings. The molecule has 2 aliphatic rings. The first-order chi connectivity index (χ1) is 10.3. The van der Waals surface area contributed by atoms with Crippen molar-refractivity contribution in [2.24, 2.45) is 0 Å². The van der Waals surface area contributed by atoms with Crippen LogP contribution in [-0.2, 0) is 11.3 Å². The van der Waals surface area contributed by atoms with Crippen LogP contribution in [0.3, 0.4) is 0 Å². The van der Waals surface area contributed by atoms with Crippen LogP contribution in [0.25, 0.3) is 0 Å². The van der Waals surface area contributed by atoms with Crippen molar-refractivity contribution in [3.8, 4) is 17.6 Å². The summed E-state index contributed by atoms with van der Waals surface area (Å²) < 4.78 is 10.7. The van der Waals surface area contributed by atoms with Crippen LogP contribution in [0.2, 0.25) is 0 Å². The number of quaternary nitrogens is 1. The van der Waals surface area contributed by atoms with Crippen LogP contribution >= 0.6 is 0 Å². The van der Waals surface area contributed by atoms with Gasteiger partial charge in [0.2, 0.25) is 12.7 Å². The van der Waals surface area contributed by atoms with E-state index >= 15 is 0 Å². The van der Waals surface area contributed by atoms with E-state index in [1.807, 2.05) is 18.2 Å². The summed E-state index contributed by atoms with van der Waals surface area (Å²) in [7, 11) is 0. The average Bonchev–Trinajstić information content (AvgIpc) is 2.96. The molecule has 0 unspecified atom stereocenters. The largest absolute Gasteiger partial charge is 0.454 e. The second-order valence-electron chi connectivity index (χ2n) is 5.33. The van der Waals surface area contributed by atoms with Crippen molar-refractivity contribution in [2.75, 3.05) is 33.0 Å². The number of piperazine rings is 1. The lowest BCUT2D eigenvalue weighted by Crippen LogP contribution is -3.13. The molecule has 2 heterocycles. The molecule has 1 fully saturated rings. The molecule has 1 N–H and O–H groups in total. The molecule has 0 radical (unpaired) electrons. The van der Waals surface area contributed by atoms with Crippen molar-refractivity contribution in [3.63, 3.8) is 0 Å². The number of nitrogens with one attached hydrogen (secondary N) is 1. The van der Waals surface area contributed by atoms with Gasteiger partial charge in [-0.1, -0.05) is 0 Å². The molecule has 2 aliphatic heterocycles. The Kier molecular flexibility index (Phi) is 3.93. The Hall–Kier alpha value is -2.26. The Balaban J connectivity index is 1.54. The Morgan fingerprint density at radius 3 is 2.81 bits per heavy atom. The van der Waals surface area contributed by atoms with Crippen LogP contribution in [-0.4, -0.2) is 43.8 Å². The predicted octanol–water partition coefficient (Wildman–Crippen LogP) is -0.444. The summed E-state index contributed by atoms with van der Waals surface area (Å²) in [5, 5.41) is 8.57. The van der Waals surface area contributed by atoms with Crippen LogP contribution in [0.15, 0.2) is 18.2 Å². The number of amides is 1. The van der Waals surface area contributed by atoms with E-state index in [9.17, 15) is 4.79 Å². The third kappa shape index (κ3) is 3.09. The highest BCUT2D eigenvalue weighted by Crippen LogP contribution is 2.32. The van der Waals surface area contributed by atoms with Crippen LogP contribution < -0.4 is 14.4 Å². The van der Waals surface area contributed by atoms with Crippen LogP contribution in [0.1, 0.15) is 12.0 Å². The lowest BCUT2D eigenvalue weighted by Gasteiger charge is -2.31. The average molecular weight is 288 g/mol. The SMILES string of the molecule is N#CCC(=O)N1CC[NH+](Cc2ccc3c(c2)OCO3)CC1. The number of carbonyl (C=O) groups is 1. The molecule has 0 saturated carbocycles. The monoisotopic (exact) mass is 288 g/mol. The second-order valence-corrected chi connectivity index (χ2v) is 5.33. The summed E-state index contributed by atoms with van der Waals surface area (Å²) in [5.41, 5.74) is 1.21. The van der Waals surface area contributed by atoms with Crippen LogP contribution in [0, 0.1) is 11.3 Å². The highest BCUT2D eigenvalue weighted by atomic mass is 16.7. The summed E-state index contributed by atoms with van der Waals surface area (Å²) in [4.78, 5) is 14.9. The topological polar surface area (TPSA) is 67.0 Å². The molecule has 1 amide bonds. The molecule has 6 nitrogen and oxygen atoms in total. The minimum absolute atomic E-state index is 0.0164. The highest BCUT2D eigenvalue weighted by Gasteiger charge is 2.24. The zero-order chi connectivity index (χ0) is 14.7. The van der Waals surface area contributed by atoms with Gasteiger partial charge in [-0.2, -0.15) is 5.26 Å². The van der Waals surface area contributed by atoms with Gasteiger partial charge in [0.25, 0.3) is 0 Å². The van der Waals surface area contributed by atoms with Gasteiger partial charge >= 0.3 is 0 Å². The molecule has 0 aliphatic carbocycles. The van der Waals surface area contributed by atoms with Gasteiger partial charge in [0.05, 0.1) is 32.2 Å². The number of nitrogens with zero attached hydrogens (tertiary/aromatic N) is 2. The molecular weight excluding hydrogens is 270 g/mol. The summed E-state index contributed by atoms with van der Waals surface area (Å²) >= 11 is 0. The predicted molar refractivity (Wildman–Crippen MR) is 73.8 cm³/mol. The first kappa shape index (κ1) is 13.7. The number of fused-ring (bicyclic) bond motifs is 1. The van der Waals surface area contributed by atoms with Gasteiger partial charge in [0.1, 0.15) is 13.0 Å². The van der Waals surface area contributed by atoms with Gasteiger partial charge in [-0.3, -0.25) is 4.79 Å². The van der Waals surface area contributed by atoms with Crippen molar-refractivity contribution < 1.29 is 19.2 Å². The molecule has 6 heteroatoms. The first-order valence-electron chi connectivity index (χ1n) is 7.13. The van der Waals surface area contributed by atoms with Crippen molar-refractivity contribution in [1.29, 1.82) is 5.26 Å². The standard InChI is InChI=1S/C15H17N3O3/c16-4-3-15(19)18-7-5-17(6-8-18)10-12-1-2-13-14(9-12)21-11-20-13/h1-2,9H,3,5-8,10-11H2/p+1. The lowest BCUT2D eigenvalue weighted by atomic mass is 10.1. The molecule has 0 atom stereocenters. The van der Waals surface area contributed by atoms with Crippen LogP contribution in [0.5, 0.6) is 11.5 Å². The summed E-state index contributed by atoms with van der Waals surface area (Å²) in [6.07, 6.45) is -0.0164. The number of hydrogen-bond acceptors (Lipinski definition) is 4. The van der Waals surface area contributed by atoms with E-state index in [-0.39, 0.29) is 12.3 Å². The highest BCUT2D eigenvalue weighted by molar-refractivity contribution is 5.78. The summed E-state index contributed by atoms with van der Waals surface area (Å²) in [6.45, 7) is 4.47. The Labute approximate surface area is 123 Å². The molecule has 0 bridgehead atoms. The molecule has 3 rings (SSSR count). The number of benzene rings is 1. The normalized spacial score (nSPS) is 17.6. The smallest absolute Gasteiger partial charge is 0.237 e. The number of ether oxygens (including phenoxy) is 2. The van der Waals surface area contributed by atoms with E-state index in [0.29, 0.717) is 6.79 Å². The van der Waals surface area contributed by atoms with E-state index in [4.69, 9.17) is 14.7 Å². The van der Waals surface area contributed by atoms with Gasteiger partial charge in [0.15, 0.2) is 11.5 Å². The van der Waals surface area contributed by atoms with E-state index in [2.05, 4.69) is 6.07 Å². The number of nitriles is 1. The fourth-order valence-corrected chi connectivity index (χ4v) is 2.77.